The normalized spacial score (nSPS) is 21.6. The van der Waals surface area contributed by atoms with Crippen molar-refractivity contribution in [3.05, 3.63) is 23.8 Å². The highest BCUT2D eigenvalue weighted by molar-refractivity contribution is 6.03. The lowest BCUT2D eigenvalue weighted by molar-refractivity contribution is 0.203. The van der Waals surface area contributed by atoms with E-state index in [2.05, 4.69) is 4.99 Å². The topological polar surface area (TPSA) is 88.2 Å². The van der Waals surface area contributed by atoms with Gasteiger partial charge in [0.15, 0.2) is 11.5 Å². The molecule has 1 aromatic carbocycles. The van der Waals surface area contributed by atoms with Crippen molar-refractivity contribution in [1.82, 2.24) is 4.90 Å². The van der Waals surface area contributed by atoms with Crippen LogP contribution in [0.15, 0.2) is 23.2 Å². The molecule has 0 radical (unpaired) electrons. The van der Waals surface area contributed by atoms with E-state index in [0.717, 1.165) is 18.4 Å². The molecule has 6 heteroatoms. The van der Waals surface area contributed by atoms with E-state index in [1.165, 1.54) is 0 Å². The van der Waals surface area contributed by atoms with Crippen molar-refractivity contribution in [1.29, 1.82) is 0 Å². The summed E-state index contributed by atoms with van der Waals surface area (Å²) in [6.45, 7) is 2.98. The molecule has 0 aromatic heterocycles. The molecule has 21 heavy (non-hydrogen) atoms. The Kier molecular flexibility index (Phi) is 3.45. The van der Waals surface area contributed by atoms with Crippen LogP contribution >= 0.6 is 0 Å². The van der Waals surface area contributed by atoms with E-state index in [-0.39, 0.29) is 17.8 Å². The van der Waals surface area contributed by atoms with Crippen LogP contribution in [-0.4, -0.2) is 35.0 Å². The highest BCUT2D eigenvalue weighted by atomic mass is 16.5. The van der Waals surface area contributed by atoms with Crippen LogP contribution < -0.4 is 10.5 Å². The molecular weight excluding hydrogens is 270 g/mol. The number of aliphatic imine (C=N–C) groups is 1. The van der Waals surface area contributed by atoms with E-state index in [1.54, 1.807) is 23.1 Å². The quantitative estimate of drug-likeness (QED) is 0.868. The van der Waals surface area contributed by atoms with Gasteiger partial charge in [-0.25, -0.2) is 4.79 Å². The van der Waals surface area contributed by atoms with Gasteiger partial charge in [0, 0.05) is 6.54 Å². The highest BCUT2D eigenvalue weighted by Crippen LogP contribution is 2.37. The Hall–Kier alpha value is -2.24. The predicted molar refractivity (Wildman–Crippen MR) is 78.5 cm³/mol. The molecule has 3 rings (SSSR count). The third-order valence-corrected chi connectivity index (χ3v) is 3.81. The largest absolute Gasteiger partial charge is 0.504 e. The summed E-state index contributed by atoms with van der Waals surface area (Å²) in [5, 5.41) is 9.78. The van der Waals surface area contributed by atoms with E-state index < -0.39 is 0 Å². The monoisotopic (exact) mass is 289 g/mol. The van der Waals surface area contributed by atoms with Gasteiger partial charge in [-0.05, 0) is 43.4 Å². The van der Waals surface area contributed by atoms with Gasteiger partial charge < -0.3 is 20.5 Å². The zero-order valence-electron chi connectivity index (χ0n) is 12.0. The number of carbonyl (C=O) groups is 1. The lowest BCUT2D eigenvalue weighted by Gasteiger charge is -2.25. The lowest BCUT2D eigenvalue weighted by Crippen LogP contribution is -2.34. The Bertz CT molecular complexity index is 596. The number of benzene rings is 1. The van der Waals surface area contributed by atoms with Crippen LogP contribution in [0, 0.1) is 5.92 Å². The van der Waals surface area contributed by atoms with Crippen molar-refractivity contribution < 1.29 is 14.6 Å². The van der Waals surface area contributed by atoms with Crippen LogP contribution in [-0.2, 0) is 0 Å². The molecule has 1 fully saturated rings. The molecule has 3 N–H and O–H groups in total. The van der Waals surface area contributed by atoms with Crippen LogP contribution in [0.25, 0.3) is 0 Å². The zero-order valence-corrected chi connectivity index (χ0v) is 12.0. The number of ether oxygens (including phenoxy) is 1. The summed E-state index contributed by atoms with van der Waals surface area (Å²) in [6.07, 6.45) is 2.30. The second-order valence-corrected chi connectivity index (χ2v) is 5.48. The fraction of sp³-hybridized carbons (Fsp3) is 0.467. The number of phenols is 1. The highest BCUT2D eigenvalue weighted by Gasteiger charge is 2.38. The fourth-order valence-electron chi connectivity index (χ4n) is 2.59. The minimum Gasteiger partial charge on any atom is -0.504 e. The van der Waals surface area contributed by atoms with Gasteiger partial charge in [0.1, 0.15) is 11.9 Å². The van der Waals surface area contributed by atoms with Crippen molar-refractivity contribution in [2.45, 2.75) is 25.8 Å². The maximum absolute atomic E-state index is 12.0. The van der Waals surface area contributed by atoms with Crippen LogP contribution in [0.5, 0.6) is 11.5 Å². The lowest BCUT2D eigenvalue weighted by atomic mass is 10.0. The first kappa shape index (κ1) is 13.7. The summed E-state index contributed by atoms with van der Waals surface area (Å²) in [7, 11) is 0. The van der Waals surface area contributed by atoms with Crippen LogP contribution in [0.4, 0.5) is 4.79 Å². The zero-order chi connectivity index (χ0) is 15.0. The number of amides is 2. The molecule has 2 aliphatic rings. The molecule has 6 nitrogen and oxygen atoms in total. The molecule has 0 spiro atoms. The van der Waals surface area contributed by atoms with Gasteiger partial charge in [0.25, 0.3) is 0 Å². The Labute approximate surface area is 123 Å². The summed E-state index contributed by atoms with van der Waals surface area (Å²) in [6, 6.07) is 4.40. The molecule has 1 unspecified atom stereocenters. The number of aromatic hydroxyl groups is 1. The van der Waals surface area contributed by atoms with E-state index in [4.69, 9.17) is 10.5 Å². The summed E-state index contributed by atoms with van der Waals surface area (Å²) in [4.78, 5) is 17.6. The maximum atomic E-state index is 12.0. The van der Waals surface area contributed by atoms with Crippen molar-refractivity contribution in [3.8, 4) is 11.5 Å². The first-order valence-electron chi connectivity index (χ1n) is 7.20. The average Bonchev–Trinajstić information content (AvgIpc) is 3.20. The third-order valence-electron chi connectivity index (χ3n) is 3.81. The Morgan fingerprint density at radius 2 is 2.24 bits per heavy atom. The minimum atomic E-state index is -0.363. The Morgan fingerprint density at radius 3 is 2.90 bits per heavy atom. The van der Waals surface area contributed by atoms with Gasteiger partial charge in [-0.15, -0.1) is 0 Å². The van der Waals surface area contributed by atoms with Gasteiger partial charge in [0.2, 0.25) is 0 Å². The Balaban J connectivity index is 1.90. The Morgan fingerprint density at radius 1 is 1.48 bits per heavy atom. The summed E-state index contributed by atoms with van der Waals surface area (Å²) >= 11 is 0. The number of nitrogens with zero attached hydrogens (tertiary/aromatic N) is 2. The van der Waals surface area contributed by atoms with E-state index in [0.29, 0.717) is 30.7 Å². The van der Waals surface area contributed by atoms with Gasteiger partial charge in [-0.1, -0.05) is 6.07 Å². The molecule has 1 aliphatic heterocycles. The van der Waals surface area contributed by atoms with Crippen molar-refractivity contribution in [3.63, 3.8) is 0 Å². The van der Waals surface area contributed by atoms with Gasteiger partial charge >= 0.3 is 6.03 Å². The standard InChI is InChI=1S/C15H19N3O3/c1-2-21-12-7-10(5-6-11(12)19)13-14(16)17-15(20)18(13)8-9-3-4-9/h5-7,9,13,19H,2-4,8H2,1H3,(H2,16,17,20). The number of carbonyl (C=O) groups excluding carboxylic acids is 1. The van der Waals surface area contributed by atoms with E-state index in [1.807, 2.05) is 6.92 Å². The van der Waals surface area contributed by atoms with Gasteiger partial charge in [0.05, 0.1) is 6.61 Å². The molecule has 1 aromatic rings. The fourth-order valence-corrected chi connectivity index (χ4v) is 2.59. The molecular formula is C15H19N3O3. The molecule has 1 heterocycles. The predicted octanol–water partition coefficient (Wildman–Crippen LogP) is 2.03. The molecule has 1 saturated carbocycles. The number of phenolic OH excluding ortho intramolecular Hbond substituents is 1. The molecule has 1 aliphatic carbocycles. The molecule has 2 amide bonds. The van der Waals surface area contributed by atoms with Crippen LogP contribution in [0.3, 0.4) is 0 Å². The summed E-state index contributed by atoms with van der Waals surface area (Å²) in [5.74, 6) is 1.33. The summed E-state index contributed by atoms with van der Waals surface area (Å²) in [5.41, 5.74) is 6.74. The number of hydrogen-bond donors (Lipinski definition) is 2. The summed E-state index contributed by atoms with van der Waals surface area (Å²) < 4.78 is 5.39. The van der Waals surface area contributed by atoms with Crippen LogP contribution in [0.1, 0.15) is 31.4 Å². The number of amidine groups is 1. The number of hydrogen-bond acceptors (Lipinski definition) is 4. The molecule has 1 atom stereocenters. The first-order valence-corrected chi connectivity index (χ1v) is 7.20. The molecule has 112 valence electrons. The number of rotatable bonds is 5. The molecule has 0 bridgehead atoms. The van der Waals surface area contributed by atoms with Crippen LogP contribution in [0.2, 0.25) is 0 Å². The molecule has 0 saturated heterocycles. The number of nitrogens with two attached hydrogens (primary N) is 1. The van der Waals surface area contributed by atoms with E-state index in [9.17, 15) is 9.90 Å². The first-order chi connectivity index (χ1) is 10.1. The smallest absolute Gasteiger partial charge is 0.346 e. The van der Waals surface area contributed by atoms with Gasteiger partial charge in [-0.3, -0.25) is 0 Å². The van der Waals surface area contributed by atoms with Crippen molar-refractivity contribution in [2.24, 2.45) is 16.6 Å². The maximum Gasteiger partial charge on any atom is 0.346 e. The number of urea groups is 1. The average molecular weight is 289 g/mol. The van der Waals surface area contributed by atoms with Crippen molar-refractivity contribution in [2.75, 3.05) is 13.2 Å². The third kappa shape index (κ3) is 2.66. The second kappa shape index (κ2) is 5.27. The van der Waals surface area contributed by atoms with Gasteiger partial charge in [-0.2, -0.15) is 4.99 Å². The van der Waals surface area contributed by atoms with E-state index >= 15 is 0 Å². The minimum absolute atomic E-state index is 0.0779. The SMILES string of the molecule is CCOc1cc(C2C(N)=NC(=O)N2CC2CC2)ccc1O. The second-order valence-electron chi connectivity index (χ2n) is 5.48. The van der Waals surface area contributed by atoms with Crippen molar-refractivity contribution >= 4 is 11.9 Å².